The molecule has 0 radical (unpaired) electrons. The van der Waals surface area contributed by atoms with E-state index in [-0.39, 0.29) is 19.1 Å². The summed E-state index contributed by atoms with van der Waals surface area (Å²) in [5.74, 6) is -2.61. The van der Waals surface area contributed by atoms with Crippen molar-refractivity contribution in [1.82, 2.24) is 10.6 Å². The van der Waals surface area contributed by atoms with E-state index < -0.39 is 36.0 Å². The molecule has 0 saturated heterocycles. The maximum atomic E-state index is 12.4. The average Bonchev–Trinajstić information content (AvgIpc) is 3.09. The summed E-state index contributed by atoms with van der Waals surface area (Å²) in [7, 11) is 0. The Morgan fingerprint density at radius 2 is 1.59 bits per heavy atom. The van der Waals surface area contributed by atoms with E-state index in [9.17, 15) is 19.5 Å². The first-order valence-corrected chi connectivity index (χ1v) is 10.6. The highest BCUT2D eigenvalue weighted by Crippen LogP contribution is 2.44. The van der Waals surface area contributed by atoms with Crippen LogP contribution in [-0.4, -0.2) is 53.5 Å². The SMILES string of the molecule is CCC(CNC(=O)OCC1c2ccccc2-c2ccccc21)C(=O)N[C@H](C(=O)O)[C@@H](C)O. The van der Waals surface area contributed by atoms with Gasteiger partial charge in [-0.25, -0.2) is 9.59 Å². The minimum absolute atomic E-state index is 0.00877. The predicted octanol–water partition coefficient (Wildman–Crippen LogP) is 2.50. The van der Waals surface area contributed by atoms with Crippen LogP contribution in [0.3, 0.4) is 0 Å². The van der Waals surface area contributed by atoms with E-state index in [1.807, 2.05) is 36.4 Å². The maximum Gasteiger partial charge on any atom is 0.407 e. The van der Waals surface area contributed by atoms with Crippen molar-refractivity contribution in [2.75, 3.05) is 13.2 Å². The molecule has 2 amide bonds. The molecular formula is C24H28N2O6. The van der Waals surface area contributed by atoms with E-state index in [4.69, 9.17) is 9.84 Å². The molecule has 0 spiro atoms. The van der Waals surface area contributed by atoms with Crippen LogP contribution >= 0.6 is 0 Å². The molecule has 2 aromatic rings. The highest BCUT2D eigenvalue weighted by atomic mass is 16.5. The lowest BCUT2D eigenvalue weighted by molar-refractivity contribution is -0.145. The summed E-state index contributed by atoms with van der Waals surface area (Å²) < 4.78 is 5.46. The van der Waals surface area contributed by atoms with Crippen molar-refractivity contribution in [2.45, 2.75) is 38.3 Å². The largest absolute Gasteiger partial charge is 0.480 e. The zero-order valence-electron chi connectivity index (χ0n) is 18.1. The predicted molar refractivity (Wildman–Crippen MR) is 118 cm³/mol. The number of alkyl carbamates (subject to hydrolysis) is 1. The van der Waals surface area contributed by atoms with Gasteiger partial charge in [-0.1, -0.05) is 55.5 Å². The Bertz CT molecular complexity index is 944. The minimum Gasteiger partial charge on any atom is -0.480 e. The average molecular weight is 440 g/mol. The molecule has 1 aliphatic rings. The number of benzene rings is 2. The summed E-state index contributed by atoms with van der Waals surface area (Å²) in [6.07, 6.45) is -1.52. The van der Waals surface area contributed by atoms with Crippen molar-refractivity contribution in [3.63, 3.8) is 0 Å². The second-order valence-electron chi connectivity index (χ2n) is 7.88. The third-order valence-electron chi connectivity index (χ3n) is 5.75. The number of carbonyl (C=O) groups excluding carboxylic acids is 2. The lowest BCUT2D eigenvalue weighted by Gasteiger charge is -2.21. The Labute approximate surface area is 186 Å². The molecule has 0 aliphatic heterocycles. The Morgan fingerprint density at radius 1 is 1.03 bits per heavy atom. The van der Waals surface area contributed by atoms with Gasteiger partial charge in [0, 0.05) is 12.5 Å². The number of aliphatic hydroxyl groups is 1. The molecule has 2 aromatic carbocycles. The van der Waals surface area contributed by atoms with Gasteiger partial charge in [-0.15, -0.1) is 0 Å². The summed E-state index contributed by atoms with van der Waals surface area (Å²) in [5.41, 5.74) is 4.46. The zero-order valence-corrected chi connectivity index (χ0v) is 18.1. The van der Waals surface area contributed by atoms with Gasteiger partial charge in [-0.05, 0) is 35.6 Å². The Hall–Kier alpha value is -3.39. The van der Waals surface area contributed by atoms with Crippen LogP contribution in [0.1, 0.15) is 37.3 Å². The molecule has 0 aromatic heterocycles. The zero-order chi connectivity index (χ0) is 23.3. The molecule has 3 rings (SSSR count). The van der Waals surface area contributed by atoms with E-state index >= 15 is 0 Å². The number of carboxylic acid groups (broad SMARTS) is 1. The number of hydrogen-bond acceptors (Lipinski definition) is 5. The topological polar surface area (TPSA) is 125 Å². The van der Waals surface area contributed by atoms with E-state index in [0.29, 0.717) is 6.42 Å². The highest BCUT2D eigenvalue weighted by Gasteiger charge is 2.30. The summed E-state index contributed by atoms with van der Waals surface area (Å²) in [4.78, 5) is 35.9. The van der Waals surface area contributed by atoms with Crippen LogP contribution in [0.15, 0.2) is 48.5 Å². The molecule has 32 heavy (non-hydrogen) atoms. The van der Waals surface area contributed by atoms with Gasteiger partial charge in [0.2, 0.25) is 5.91 Å². The molecule has 0 saturated carbocycles. The summed E-state index contributed by atoms with van der Waals surface area (Å²) >= 11 is 0. The molecule has 4 N–H and O–H groups in total. The standard InChI is InChI=1S/C24H28N2O6/c1-3-15(22(28)26-21(14(2)27)23(29)30)12-25-24(31)32-13-20-18-10-6-4-8-16(18)17-9-5-7-11-19(17)20/h4-11,14-15,20-21,27H,3,12-13H2,1-2H3,(H,25,31)(H,26,28)(H,29,30)/t14-,15?,21+/m1/s1. The molecule has 1 aliphatic carbocycles. The number of rotatable bonds is 9. The monoisotopic (exact) mass is 440 g/mol. The van der Waals surface area contributed by atoms with Gasteiger partial charge in [0.15, 0.2) is 6.04 Å². The molecule has 0 heterocycles. The van der Waals surface area contributed by atoms with E-state index in [1.165, 1.54) is 6.92 Å². The maximum absolute atomic E-state index is 12.4. The third-order valence-corrected chi connectivity index (χ3v) is 5.75. The number of fused-ring (bicyclic) bond motifs is 3. The fourth-order valence-corrected chi connectivity index (χ4v) is 3.94. The molecule has 0 fully saturated rings. The van der Waals surface area contributed by atoms with Gasteiger partial charge in [0.05, 0.1) is 12.0 Å². The van der Waals surface area contributed by atoms with Crippen molar-refractivity contribution >= 4 is 18.0 Å². The van der Waals surface area contributed by atoms with Crippen LogP contribution in [0.25, 0.3) is 11.1 Å². The van der Waals surface area contributed by atoms with E-state index in [2.05, 4.69) is 22.8 Å². The van der Waals surface area contributed by atoms with E-state index in [1.54, 1.807) is 6.92 Å². The first-order chi connectivity index (χ1) is 15.3. The first-order valence-electron chi connectivity index (χ1n) is 10.6. The second kappa shape index (κ2) is 10.3. The molecule has 8 heteroatoms. The fourth-order valence-electron chi connectivity index (χ4n) is 3.94. The number of aliphatic hydroxyl groups excluding tert-OH is 1. The smallest absolute Gasteiger partial charge is 0.407 e. The number of aliphatic carboxylic acids is 1. The molecule has 1 unspecified atom stereocenters. The third kappa shape index (κ3) is 5.08. The molecule has 3 atom stereocenters. The second-order valence-corrected chi connectivity index (χ2v) is 7.88. The molecule has 170 valence electrons. The number of amides is 2. The van der Waals surface area contributed by atoms with Crippen LogP contribution < -0.4 is 10.6 Å². The summed E-state index contributed by atoms with van der Waals surface area (Å²) in [5, 5.41) is 23.5. The van der Waals surface area contributed by atoms with Gasteiger partial charge in [0.1, 0.15) is 6.61 Å². The van der Waals surface area contributed by atoms with E-state index in [0.717, 1.165) is 22.3 Å². The molecule has 8 nitrogen and oxygen atoms in total. The summed E-state index contributed by atoms with van der Waals surface area (Å²) in [6.45, 7) is 3.19. The van der Waals surface area contributed by atoms with Crippen molar-refractivity contribution in [2.24, 2.45) is 5.92 Å². The van der Waals surface area contributed by atoms with Crippen molar-refractivity contribution in [1.29, 1.82) is 0 Å². The fraction of sp³-hybridized carbons (Fsp3) is 0.375. The van der Waals surface area contributed by atoms with Crippen molar-refractivity contribution in [3.8, 4) is 11.1 Å². The number of carbonyl (C=O) groups is 3. The van der Waals surface area contributed by atoms with Crippen molar-refractivity contribution in [3.05, 3.63) is 59.7 Å². The van der Waals surface area contributed by atoms with Gasteiger partial charge < -0.3 is 25.6 Å². The van der Waals surface area contributed by atoms with Crippen LogP contribution in [0.4, 0.5) is 4.79 Å². The van der Waals surface area contributed by atoms with Gasteiger partial charge in [-0.3, -0.25) is 4.79 Å². The lowest BCUT2D eigenvalue weighted by atomic mass is 9.98. The van der Waals surface area contributed by atoms with Crippen LogP contribution in [0.2, 0.25) is 0 Å². The minimum atomic E-state index is -1.41. The van der Waals surface area contributed by atoms with Gasteiger partial charge >= 0.3 is 12.1 Å². The Morgan fingerprint density at radius 3 is 2.09 bits per heavy atom. The Kier molecular flexibility index (Phi) is 7.48. The van der Waals surface area contributed by atoms with Gasteiger partial charge in [-0.2, -0.15) is 0 Å². The highest BCUT2D eigenvalue weighted by molar-refractivity contribution is 5.85. The Balaban J connectivity index is 1.56. The van der Waals surface area contributed by atoms with Gasteiger partial charge in [0.25, 0.3) is 0 Å². The van der Waals surface area contributed by atoms with Crippen LogP contribution in [0, 0.1) is 5.92 Å². The number of ether oxygens (including phenoxy) is 1. The molecule has 0 bridgehead atoms. The lowest BCUT2D eigenvalue weighted by Crippen LogP contribution is -2.51. The normalized spacial score (nSPS) is 15.1. The summed E-state index contributed by atoms with van der Waals surface area (Å²) in [6, 6.07) is 14.6. The quantitative estimate of drug-likeness (QED) is 0.475. The first kappa shape index (κ1) is 23.3. The number of hydrogen-bond donors (Lipinski definition) is 4. The van der Waals surface area contributed by atoms with Crippen LogP contribution in [-0.2, 0) is 14.3 Å². The molecular weight excluding hydrogens is 412 g/mol. The van der Waals surface area contributed by atoms with Crippen LogP contribution in [0.5, 0.6) is 0 Å². The number of carboxylic acids is 1. The van der Waals surface area contributed by atoms with Crippen molar-refractivity contribution < 1.29 is 29.3 Å². The number of nitrogens with one attached hydrogen (secondary N) is 2.